The summed E-state index contributed by atoms with van der Waals surface area (Å²) in [5.74, 6) is 0.675. The molecule has 0 amide bonds. The molecule has 6 heteroatoms. The standard InChI is InChI=1S/C14H15N3O3/c1-2-19-14(18)11-8-16-12(17-13(11)15)9-20-10-6-4-3-5-7-10/h3-8H,2,9H2,1H3,(H2,15,16,17). The molecule has 0 fully saturated rings. The number of para-hydroxylation sites is 1. The van der Waals surface area contributed by atoms with Crippen LogP contribution in [0, 0.1) is 0 Å². The van der Waals surface area contributed by atoms with Gasteiger partial charge in [-0.05, 0) is 19.1 Å². The van der Waals surface area contributed by atoms with Gasteiger partial charge in [0, 0.05) is 6.20 Å². The van der Waals surface area contributed by atoms with E-state index in [0.29, 0.717) is 11.6 Å². The molecule has 0 bridgehead atoms. The summed E-state index contributed by atoms with van der Waals surface area (Å²) in [6.07, 6.45) is 1.35. The number of aromatic nitrogens is 2. The van der Waals surface area contributed by atoms with Gasteiger partial charge in [0.1, 0.15) is 23.7 Å². The Hall–Kier alpha value is -2.63. The van der Waals surface area contributed by atoms with Crippen LogP contribution in [0.5, 0.6) is 5.75 Å². The van der Waals surface area contributed by atoms with Crippen molar-refractivity contribution >= 4 is 11.8 Å². The predicted octanol–water partition coefficient (Wildman–Crippen LogP) is 1.81. The van der Waals surface area contributed by atoms with Gasteiger partial charge in [0.15, 0.2) is 5.82 Å². The number of anilines is 1. The molecular formula is C14H15N3O3. The predicted molar refractivity (Wildman–Crippen MR) is 73.2 cm³/mol. The van der Waals surface area contributed by atoms with Crippen molar-refractivity contribution in [3.05, 3.63) is 47.9 Å². The molecular weight excluding hydrogens is 258 g/mol. The van der Waals surface area contributed by atoms with E-state index in [2.05, 4.69) is 9.97 Å². The number of carbonyl (C=O) groups excluding carboxylic acids is 1. The summed E-state index contributed by atoms with van der Waals surface area (Å²) >= 11 is 0. The third-order valence-corrected chi connectivity index (χ3v) is 2.47. The van der Waals surface area contributed by atoms with E-state index in [-0.39, 0.29) is 24.6 Å². The lowest BCUT2D eigenvalue weighted by Gasteiger charge is -2.07. The molecule has 1 heterocycles. The van der Waals surface area contributed by atoms with Crippen molar-refractivity contribution in [2.24, 2.45) is 0 Å². The van der Waals surface area contributed by atoms with Crippen molar-refractivity contribution in [1.82, 2.24) is 9.97 Å². The van der Waals surface area contributed by atoms with Gasteiger partial charge in [-0.25, -0.2) is 14.8 Å². The highest BCUT2D eigenvalue weighted by molar-refractivity contribution is 5.93. The monoisotopic (exact) mass is 273 g/mol. The topological polar surface area (TPSA) is 87.3 Å². The van der Waals surface area contributed by atoms with Crippen molar-refractivity contribution in [1.29, 1.82) is 0 Å². The largest absolute Gasteiger partial charge is 0.486 e. The van der Waals surface area contributed by atoms with E-state index in [9.17, 15) is 4.79 Å². The number of hydrogen-bond donors (Lipinski definition) is 1. The average Bonchev–Trinajstić information content (AvgIpc) is 2.46. The summed E-state index contributed by atoms with van der Waals surface area (Å²) in [6.45, 7) is 2.17. The third kappa shape index (κ3) is 3.44. The van der Waals surface area contributed by atoms with Gasteiger partial charge in [0.2, 0.25) is 0 Å². The number of carbonyl (C=O) groups is 1. The lowest BCUT2D eigenvalue weighted by atomic mass is 10.3. The highest BCUT2D eigenvalue weighted by Gasteiger charge is 2.13. The SMILES string of the molecule is CCOC(=O)c1cnc(COc2ccccc2)nc1N. The van der Waals surface area contributed by atoms with E-state index in [1.807, 2.05) is 30.3 Å². The minimum absolute atomic E-state index is 0.0881. The zero-order valence-corrected chi connectivity index (χ0v) is 11.1. The highest BCUT2D eigenvalue weighted by atomic mass is 16.5. The van der Waals surface area contributed by atoms with Gasteiger partial charge in [-0.1, -0.05) is 18.2 Å². The first-order valence-corrected chi connectivity index (χ1v) is 6.17. The number of rotatable bonds is 5. The average molecular weight is 273 g/mol. The van der Waals surface area contributed by atoms with Crippen LogP contribution in [0.4, 0.5) is 5.82 Å². The van der Waals surface area contributed by atoms with E-state index < -0.39 is 5.97 Å². The van der Waals surface area contributed by atoms with E-state index >= 15 is 0 Å². The van der Waals surface area contributed by atoms with Crippen molar-refractivity contribution in [3.63, 3.8) is 0 Å². The maximum atomic E-state index is 11.5. The van der Waals surface area contributed by atoms with Crippen molar-refractivity contribution in [3.8, 4) is 5.75 Å². The van der Waals surface area contributed by atoms with E-state index in [4.69, 9.17) is 15.2 Å². The molecule has 0 aliphatic carbocycles. The lowest BCUT2D eigenvalue weighted by molar-refractivity contribution is 0.0526. The van der Waals surface area contributed by atoms with Crippen LogP contribution in [0.1, 0.15) is 23.1 Å². The van der Waals surface area contributed by atoms with Gasteiger partial charge in [-0.3, -0.25) is 0 Å². The molecule has 2 aromatic rings. The maximum absolute atomic E-state index is 11.5. The molecule has 0 atom stereocenters. The van der Waals surface area contributed by atoms with Crippen LogP contribution in [-0.4, -0.2) is 22.5 Å². The molecule has 0 saturated carbocycles. The molecule has 0 aliphatic rings. The van der Waals surface area contributed by atoms with Crippen LogP contribution >= 0.6 is 0 Å². The molecule has 0 saturated heterocycles. The number of nitrogens with two attached hydrogens (primary N) is 1. The summed E-state index contributed by atoms with van der Waals surface area (Å²) in [7, 11) is 0. The summed E-state index contributed by atoms with van der Waals surface area (Å²) in [6, 6.07) is 9.30. The first-order valence-electron chi connectivity index (χ1n) is 6.17. The van der Waals surface area contributed by atoms with Crippen LogP contribution in [0.3, 0.4) is 0 Å². The zero-order valence-electron chi connectivity index (χ0n) is 11.1. The maximum Gasteiger partial charge on any atom is 0.343 e. The molecule has 0 spiro atoms. The number of esters is 1. The molecule has 0 unspecified atom stereocenters. The van der Waals surface area contributed by atoms with E-state index in [1.165, 1.54) is 6.20 Å². The molecule has 0 radical (unpaired) electrons. The van der Waals surface area contributed by atoms with Crippen LogP contribution in [0.2, 0.25) is 0 Å². The van der Waals surface area contributed by atoms with Crippen molar-refractivity contribution < 1.29 is 14.3 Å². The normalized spacial score (nSPS) is 10.1. The lowest BCUT2D eigenvalue weighted by Crippen LogP contribution is -2.12. The van der Waals surface area contributed by atoms with Crippen LogP contribution in [0.25, 0.3) is 0 Å². The van der Waals surface area contributed by atoms with Gasteiger partial charge in [-0.2, -0.15) is 0 Å². The Morgan fingerprint density at radius 1 is 1.30 bits per heavy atom. The summed E-state index contributed by atoms with van der Waals surface area (Å²) in [5.41, 5.74) is 5.88. The van der Waals surface area contributed by atoms with Crippen molar-refractivity contribution in [2.45, 2.75) is 13.5 Å². The minimum atomic E-state index is -0.527. The summed E-state index contributed by atoms with van der Waals surface area (Å²) in [4.78, 5) is 19.6. The molecule has 6 nitrogen and oxygen atoms in total. The molecule has 104 valence electrons. The Balaban J connectivity index is 2.04. The zero-order chi connectivity index (χ0) is 14.4. The first kappa shape index (κ1) is 13.8. The Labute approximate surface area is 116 Å². The quantitative estimate of drug-likeness (QED) is 0.836. The number of benzene rings is 1. The Kier molecular flexibility index (Phi) is 4.49. The second-order valence-corrected chi connectivity index (χ2v) is 3.91. The fourth-order valence-electron chi connectivity index (χ4n) is 1.53. The second kappa shape index (κ2) is 6.51. The van der Waals surface area contributed by atoms with Gasteiger partial charge in [0.05, 0.1) is 6.61 Å². The summed E-state index contributed by atoms with van der Waals surface area (Å²) in [5, 5.41) is 0. The fraction of sp³-hybridized carbons (Fsp3) is 0.214. The minimum Gasteiger partial charge on any atom is -0.486 e. The van der Waals surface area contributed by atoms with Gasteiger partial charge in [-0.15, -0.1) is 0 Å². The molecule has 1 aromatic carbocycles. The highest BCUT2D eigenvalue weighted by Crippen LogP contribution is 2.12. The molecule has 1 aromatic heterocycles. The number of nitrogen functional groups attached to an aromatic ring is 1. The third-order valence-electron chi connectivity index (χ3n) is 2.47. The van der Waals surface area contributed by atoms with Crippen molar-refractivity contribution in [2.75, 3.05) is 12.3 Å². The smallest absolute Gasteiger partial charge is 0.343 e. The summed E-state index contributed by atoms with van der Waals surface area (Å²) < 4.78 is 10.3. The van der Waals surface area contributed by atoms with E-state index in [0.717, 1.165) is 0 Å². The van der Waals surface area contributed by atoms with Crippen LogP contribution in [0.15, 0.2) is 36.5 Å². The fourth-order valence-corrected chi connectivity index (χ4v) is 1.53. The first-order chi connectivity index (χ1) is 9.70. The number of hydrogen-bond acceptors (Lipinski definition) is 6. The second-order valence-electron chi connectivity index (χ2n) is 3.91. The van der Waals surface area contributed by atoms with Crippen LogP contribution in [-0.2, 0) is 11.3 Å². The number of ether oxygens (including phenoxy) is 2. The Morgan fingerprint density at radius 2 is 2.05 bits per heavy atom. The Bertz CT molecular complexity index is 587. The Morgan fingerprint density at radius 3 is 2.70 bits per heavy atom. The van der Waals surface area contributed by atoms with Crippen LogP contribution < -0.4 is 10.5 Å². The molecule has 20 heavy (non-hydrogen) atoms. The van der Waals surface area contributed by atoms with Gasteiger partial charge < -0.3 is 15.2 Å². The molecule has 2 rings (SSSR count). The van der Waals surface area contributed by atoms with E-state index in [1.54, 1.807) is 6.92 Å². The van der Waals surface area contributed by atoms with Gasteiger partial charge in [0.25, 0.3) is 0 Å². The van der Waals surface area contributed by atoms with Gasteiger partial charge >= 0.3 is 5.97 Å². The molecule has 0 aliphatic heterocycles. The molecule has 2 N–H and O–H groups in total. The number of nitrogens with zero attached hydrogens (tertiary/aromatic N) is 2.